The van der Waals surface area contributed by atoms with E-state index < -0.39 is 6.04 Å². The summed E-state index contributed by atoms with van der Waals surface area (Å²) in [5.41, 5.74) is 5.36. The van der Waals surface area contributed by atoms with E-state index in [2.05, 4.69) is 16.0 Å². The summed E-state index contributed by atoms with van der Waals surface area (Å²) in [6.07, 6.45) is 0.197. The molecule has 0 bridgehead atoms. The zero-order chi connectivity index (χ0) is 16.6. The van der Waals surface area contributed by atoms with Crippen molar-refractivity contribution >= 4 is 17.7 Å². The van der Waals surface area contributed by atoms with Crippen molar-refractivity contribution in [3.05, 3.63) is 0 Å². The maximum atomic E-state index is 11.5. The van der Waals surface area contributed by atoms with Gasteiger partial charge in [-0.2, -0.15) is 0 Å². The quantitative estimate of drug-likeness (QED) is 0.508. The van der Waals surface area contributed by atoms with Gasteiger partial charge in [0.05, 0.1) is 12.6 Å². The van der Waals surface area contributed by atoms with E-state index in [-0.39, 0.29) is 48.7 Å². The van der Waals surface area contributed by atoms with Crippen molar-refractivity contribution < 1.29 is 14.4 Å². The maximum absolute atomic E-state index is 11.5. The Morgan fingerprint density at radius 2 is 1.62 bits per heavy atom. The van der Waals surface area contributed by atoms with Crippen molar-refractivity contribution in [1.29, 1.82) is 0 Å². The van der Waals surface area contributed by atoms with Gasteiger partial charge in [0.25, 0.3) is 0 Å². The van der Waals surface area contributed by atoms with Gasteiger partial charge in [0.15, 0.2) is 0 Å². The van der Waals surface area contributed by atoms with E-state index in [1.807, 2.05) is 34.6 Å². The van der Waals surface area contributed by atoms with Crippen molar-refractivity contribution in [2.45, 2.75) is 52.6 Å². The molecular formula is C14H28N4O3. The number of hydrogen-bond donors (Lipinski definition) is 4. The van der Waals surface area contributed by atoms with E-state index in [0.29, 0.717) is 0 Å². The van der Waals surface area contributed by atoms with Gasteiger partial charge in [0, 0.05) is 18.5 Å². The first-order valence-electron chi connectivity index (χ1n) is 7.14. The average Bonchev–Trinajstić information content (AvgIpc) is 2.32. The number of carbonyl (C=O) groups excluding carboxylic acids is 3. The minimum Gasteiger partial charge on any atom is -0.354 e. The molecule has 0 saturated carbocycles. The van der Waals surface area contributed by atoms with E-state index in [0.717, 1.165) is 0 Å². The summed E-state index contributed by atoms with van der Waals surface area (Å²) in [4.78, 5) is 34.6. The zero-order valence-corrected chi connectivity index (χ0v) is 13.6. The minimum absolute atomic E-state index is 0.00848. The van der Waals surface area contributed by atoms with Crippen LogP contribution in [0.3, 0.4) is 0 Å². The van der Waals surface area contributed by atoms with E-state index in [1.165, 1.54) is 0 Å². The van der Waals surface area contributed by atoms with Crippen LogP contribution >= 0.6 is 0 Å². The SMILES string of the molecule is CC(C)[C@H](N)C(=O)NCC(=O)NCCC(=O)NC(C)(C)C. The molecule has 1 atom stereocenters. The molecule has 7 heteroatoms. The standard InChI is InChI=1S/C14H28N4O3/c1-9(2)12(15)13(21)17-8-11(20)16-7-6-10(19)18-14(3,4)5/h9,12H,6-8,15H2,1-5H3,(H,16,20)(H,17,21)(H,18,19)/t12-/m0/s1. The first-order chi connectivity index (χ1) is 9.53. The molecule has 0 rings (SSSR count). The average molecular weight is 300 g/mol. The van der Waals surface area contributed by atoms with Crippen LogP contribution in [0.2, 0.25) is 0 Å². The molecule has 0 saturated heterocycles. The van der Waals surface area contributed by atoms with Crippen LogP contribution in [-0.4, -0.2) is 42.4 Å². The van der Waals surface area contributed by atoms with Crippen LogP contribution in [0.4, 0.5) is 0 Å². The Hall–Kier alpha value is -1.63. The van der Waals surface area contributed by atoms with E-state index in [9.17, 15) is 14.4 Å². The molecule has 0 aliphatic rings. The van der Waals surface area contributed by atoms with Gasteiger partial charge in [0.1, 0.15) is 0 Å². The third kappa shape index (κ3) is 9.84. The molecule has 0 aromatic carbocycles. The summed E-state index contributed by atoms with van der Waals surface area (Å²) >= 11 is 0. The first kappa shape index (κ1) is 19.4. The molecule has 21 heavy (non-hydrogen) atoms. The van der Waals surface area contributed by atoms with Crippen LogP contribution in [0.1, 0.15) is 41.0 Å². The predicted molar refractivity (Wildman–Crippen MR) is 81.3 cm³/mol. The van der Waals surface area contributed by atoms with Crippen LogP contribution < -0.4 is 21.7 Å². The molecule has 0 heterocycles. The molecule has 7 nitrogen and oxygen atoms in total. The molecule has 0 aromatic rings. The van der Waals surface area contributed by atoms with Crippen LogP contribution in [0.25, 0.3) is 0 Å². The lowest BCUT2D eigenvalue weighted by atomic mass is 10.1. The fourth-order valence-corrected chi connectivity index (χ4v) is 1.45. The number of carbonyl (C=O) groups is 3. The monoisotopic (exact) mass is 300 g/mol. The summed E-state index contributed by atoms with van der Waals surface area (Å²) in [6.45, 7) is 9.41. The van der Waals surface area contributed by atoms with Gasteiger partial charge in [-0.25, -0.2) is 0 Å². The van der Waals surface area contributed by atoms with E-state index in [4.69, 9.17) is 5.73 Å². The lowest BCUT2D eigenvalue weighted by Crippen LogP contribution is -2.47. The number of rotatable bonds is 7. The van der Waals surface area contributed by atoms with Crippen LogP contribution in [-0.2, 0) is 14.4 Å². The van der Waals surface area contributed by atoms with Gasteiger partial charge in [0.2, 0.25) is 17.7 Å². The lowest BCUT2D eigenvalue weighted by Gasteiger charge is -2.20. The molecule has 5 N–H and O–H groups in total. The fourth-order valence-electron chi connectivity index (χ4n) is 1.45. The van der Waals surface area contributed by atoms with Crippen molar-refractivity contribution in [3.63, 3.8) is 0 Å². The molecule has 0 aliphatic heterocycles. The normalized spacial score (nSPS) is 12.7. The van der Waals surface area contributed by atoms with E-state index in [1.54, 1.807) is 0 Å². The molecule has 122 valence electrons. The summed E-state index contributed by atoms with van der Waals surface area (Å²) in [6, 6.07) is -0.629. The Labute approximate surface area is 126 Å². The van der Waals surface area contributed by atoms with Crippen molar-refractivity contribution in [2.24, 2.45) is 11.7 Å². The van der Waals surface area contributed by atoms with Gasteiger partial charge in [-0.3, -0.25) is 14.4 Å². The van der Waals surface area contributed by atoms with Gasteiger partial charge < -0.3 is 21.7 Å². The van der Waals surface area contributed by atoms with Crippen molar-refractivity contribution in [2.75, 3.05) is 13.1 Å². The third-order valence-electron chi connectivity index (χ3n) is 2.63. The van der Waals surface area contributed by atoms with Crippen LogP contribution in [0.5, 0.6) is 0 Å². The second-order valence-corrected chi connectivity index (χ2v) is 6.39. The molecule has 0 radical (unpaired) electrons. The highest BCUT2D eigenvalue weighted by molar-refractivity contribution is 5.87. The Morgan fingerprint density at radius 3 is 2.10 bits per heavy atom. The van der Waals surface area contributed by atoms with Gasteiger partial charge >= 0.3 is 0 Å². The fraction of sp³-hybridized carbons (Fsp3) is 0.786. The Bertz CT molecular complexity index is 375. The Balaban J connectivity index is 3.87. The molecule has 3 amide bonds. The van der Waals surface area contributed by atoms with Gasteiger partial charge in [-0.1, -0.05) is 13.8 Å². The summed E-state index contributed by atoms with van der Waals surface area (Å²) in [7, 11) is 0. The van der Waals surface area contributed by atoms with Crippen LogP contribution in [0.15, 0.2) is 0 Å². The lowest BCUT2D eigenvalue weighted by molar-refractivity contribution is -0.127. The van der Waals surface area contributed by atoms with E-state index >= 15 is 0 Å². The molecule has 0 fully saturated rings. The highest BCUT2D eigenvalue weighted by atomic mass is 16.2. The highest BCUT2D eigenvalue weighted by Gasteiger charge is 2.17. The predicted octanol–water partition coefficient (Wildman–Crippen LogP) is -0.493. The summed E-state index contributed by atoms with van der Waals surface area (Å²) in [5.74, 6) is -0.823. The smallest absolute Gasteiger partial charge is 0.239 e. The topological polar surface area (TPSA) is 113 Å². The Kier molecular flexibility index (Phi) is 7.94. The summed E-state index contributed by atoms with van der Waals surface area (Å²) < 4.78 is 0. The maximum Gasteiger partial charge on any atom is 0.239 e. The second-order valence-electron chi connectivity index (χ2n) is 6.39. The second kappa shape index (κ2) is 8.61. The molecule has 0 spiro atoms. The molecule has 0 unspecified atom stereocenters. The van der Waals surface area contributed by atoms with Gasteiger partial charge in [-0.15, -0.1) is 0 Å². The largest absolute Gasteiger partial charge is 0.354 e. The molecule has 0 aromatic heterocycles. The number of nitrogens with two attached hydrogens (primary N) is 1. The third-order valence-corrected chi connectivity index (χ3v) is 2.63. The number of nitrogens with one attached hydrogen (secondary N) is 3. The minimum atomic E-state index is -0.629. The zero-order valence-electron chi connectivity index (χ0n) is 13.6. The molecule has 0 aliphatic carbocycles. The first-order valence-corrected chi connectivity index (χ1v) is 7.14. The Morgan fingerprint density at radius 1 is 1.05 bits per heavy atom. The summed E-state index contributed by atoms with van der Waals surface area (Å²) in [5, 5.41) is 7.82. The molecular weight excluding hydrogens is 272 g/mol. The number of hydrogen-bond acceptors (Lipinski definition) is 4. The van der Waals surface area contributed by atoms with Gasteiger partial charge in [-0.05, 0) is 26.7 Å². The van der Waals surface area contributed by atoms with Crippen molar-refractivity contribution in [1.82, 2.24) is 16.0 Å². The number of amides is 3. The van der Waals surface area contributed by atoms with Crippen LogP contribution in [0, 0.1) is 5.92 Å². The highest BCUT2D eigenvalue weighted by Crippen LogP contribution is 1.99. The van der Waals surface area contributed by atoms with Crippen molar-refractivity contribution in [3.8, 4) is 0 Å².